The molecule has 1 aromatic rings. The highest BCUT2D eigenvalue weighted by atomic mass is 79.9. The van der Waals surface area contributed by atoms with Gasteiger partial charge in [0.2, 0.25) is 0 Å². The van der Waals surface area contributed by atoms with E-state index in [2.05, 4.69) is 21.2 Å². The Kier molecular flexibility index (Phi) is 5.65. The van der Waals surface area contributed by atoms with Crippen molar-refractivity contribution in [3.8, 4) is 0 Å². The Bertz CT molecular complexity index is 393. The zero-order chi connectivity index (χ0) is 12.8. The average molecular weight is 300 g/mol. The summed E-state index contributed by atoms with van der Waals surface area (Å²) in [7, 11) is 0. The monoisotopic (exact) mass is 299 g/mol. The summed E-state index contributed by atoms with van der Waals surface area (Å²) >= 11 is 3.37. The first kappa shape index (κ1) is 14.2. The van der Waals surface area contributed by atoms with E-state index in [1.165, 1.54) is 0 Å². The predicted octanol–water partition coefficient (Wildman–Crippen LogP) is 2.65. The van der Waals surface area contributed by atoms with Crippen molar-refractivity contribution in [1.82, 2.24) is 5.32 Å². The van der Waals surface area contributed by atoms with Gasteiger partial charge >= 0.3 is 0 Å². The van der Waals surface area contributed by atoms with E-state index in [1.807, 2.05) is 32.0 Å². The van der Waals surface area contributed by atoms with Crippen molar-refractivity contribution >= 4 is 21.8 Å². The number of aliphatic hydroxyl groups is 1. The Morgan fingerprint density at radius 3 is 2.82 bits per heavy atom. The Morgan fingerprint density at radius 2 is 2.24 bits per heavy atom. The van der Waals surface area contributed by atoms with Gasteiger partial charge in [-0.15, -0.1) is 0 Å². The summed E-state index contributed by atoms with van der Waals surface area (Å²) in [6.07, 6.45) is 1.50. The molecule has 1 rings (SSSR count). The molecule has 0 fully saturated rings. The van der Waals surface area contributed by atoms with E-state index in [0.29, 0.717) is 12.0 Å². The van der Waals surface area contributed by atoms with Crippen molar-refractivity contribution in [3.05, 3.63) is 33.8 Å². The lowest BCUT2D eigenvalue weighted by Crippen LogP contribution is -2.33. The minimum absolute atomic E-state index is 0.0551. The van der Waals surface area contributed by atoms with Crippen LogP contribution in [0.5, 0.6) is 0 Å². The Hall–Kier alpha value is -0.870. The van der Waals surface area contributed by atoms with Crippen molar-refractivity contribution in [2.75, 3.05) is 6.61 Å². The first-order valence-electron chi connectivity index (χ1n) is 5.72. The van der Waals surface area contributed by atoms with Crippen molar-refractivity contribution in [2.45, 2.75) is 32.7 Å². The van der Waals surface area contributed by atoms with E-state index in [-0.39, 0.29) is 18.6 Å². The van der Waals surface area contributed by atoms with E-state index in [1.54, 1.807) is 0 Å². The minimum atomic E-state index is -0.0551. The van der Waals surface area contributed by atoms with E-state index >= 15 is 0 Å². The molecule has 1 amide bonds. The van der Waals surface area contributed by atoms with Gasteiger partial charge in [-0.3, -0.25) is 4.79 Å². The average Bonchev–Trinajstić information content (AvgIpc) is 2.26. The molecule has 17 heavy (non-hydrogen) atoms. The van der Waals surface area contributed by atoms with Gasteiger partial charge in [-0.25, -0.2) is 0 Å². The number of halogens is 1. The zero-order valence-electron chi connectivity index (χ0n) is 10.2. The molecule has 1 aromatic carbocycles. The summed E-state index contributed by atoms with van der Waals surface area (Å²) in [6.45, 7) is 4.03. The van der Waals surface area contributed by atoms with Crippen molar-refractivity contribution in [3.63, 3.8) is 0 Å². The van der Waals surface area contributed by atoms with E-state index in [9.17, 15) is 4.79 Å². The van der Waals surface area contributed by atoms with Crippen LogP contribution < -0.4 is 5.32 Å². The maximum absolute atomic E-state index is 12.0. The number of hydrogen-bond donors (Lipinski definition) is 2. The molecule has 0 aromatic heterocycles. The molecule has 0 aliphatic rings. The topological polar surface area (TPSA) is 49.3 Å². The number of carbonyl (C=O) groups is 1. The fourth-order valence-electron chi connectivity index (χ4n) is 1.65. The molecule has 1 atom stereocenters. The molecule has 0 saturated heterocycles. The molecular weight excluding hydrogens is 282 g/mol. The number of aliphatic hydroxyl groups excluding tert-OH is 1. The standard InChI is InChI=1S/C13H18BrNO2/c1-9-8-11(14)5-6-12(9)13(17)15-10(2)4-3-7-16/h5-6,8,10,16H,3-4,7H2,1-2H3,(H,15,17). The predicted molar refractivity (Wildman–Crippen MR) is 72.1 cm³/mol. The lowest BCUT2D eigenvalue weighted by Gasteiger charge is -2.14. The molecule has 0 aliphatic carbocycles. The van der Waals surface area contributed by atoms with Gasteiger partial charge in [0, 0.05) is 22.7 Å². The molecule has 1 unspecified atom stereocenters. The van der Waals surface area contributed by atoms with Gasteiger partial charge in [0.1, 0.15) is 0 Å². The van der Waals surface area contributed by atoms with Gasteiger partial charge in [-0.2, -0.15) is 0 Å². The number of hydrogen-bond acceptors (Lipinski definition) is 2. The number of aryl methyl sites for hydroxylation is 1. The number of rotatable bonds is 5. The highest BCUT2D eigenvalue weighted by Gasteiger charge is 2.11. The third-order valence-corrected chi connectivity index (χ3v) is 3.10. The molecule has 0 spiro atoms. The Morgan fingerprint density at radius 1 is 1.53 bits per heavy atom. The highest BCUT2D eigenvalue weighted by molar-refractivity contribution is 9.10. The fraction of sp³-hybridized carbons (Fsp3) is 0.462. The van der Waals surface area contributed by atoms with Gasteiger partial charge in [0.25, 0.3) is 5.91 Å². The molecule has 0 aliphatic heterocycles. The largest absolute Gasteiger partial charge is 0.396 e. The molecular formula is C13H18BrNO2. The van der Waals surface area contributed by atoms with E-state index in [4.69, 9.17) is 5.11 Å². The van der Waals surface area contributed by atoms with Crippen molar-refractivity contribution in [2.24, 2.45) is 0 Å². The summed E-state index contributed by atoms with van der Waals surface area (Å²) < 4.78 is 0.972. The second-order valence-electron chi connectivity index (χ2n) is 4.20. The lowest BCUT2D eigenvalue weighted by atomic mass is 10.1. The second-order valence-corrected chi connectivity index (χ2v) is 5.12. The third-order valence-electron chi connectivity index (χ3n) is 2.61. The molecule has 0 saturated carbocycles. The molecule has 0 heterocycles. The van der Waals surface area contributed by atoms with Gasteiger partial charge in [-0.1, -0.05) is 15.9 Å². The van der Waals surface area contributed by atoms with Crippen LogP contribution in [-0.4, -0.2) is 23.7 Å². The van der Waals surface area contributed by atoms with Crippen LogP contribution in [0.4, 0.5) is 0 Å². The zero-order valence-corrected chi connectivity index (χ0v) is 11.8. The maximum atomic E-state index is 12.0. The summed E-state index contributed by atoms with van der Waals surface area (Å²) in [6, 6.07) is 5.68. The molecule has 2 N–H and O–H groups in total. The highest BCUT2D eigenvalue weighted by Crippen LogP contribution is 2.16. The van der Waals surface area contributed by atoms with Gasteiger partial charge in [0.05, 0.1) is 0 Å². The quantitative estimate of drug-likeness (QED) is 0.878. The molecule has 0 bridgehead atoms. The van der Waals surface area contributed by atoms with Crippen molar-refractivity contribution < 1.29 is 9.90 Å². The molecule has 94 valence electrons. The van der Waals surface area contributed by atoms with Crippen LogP contribution in [0, 0.1) is 6.92 Å². The fourth-order valence-corrected chi connectivity index (χ4v) is 2.13. The second kappa shape index (κ2) is 6.77. The summed E-state index contributed by atoms with van der Waals surface area (Å²) in [5.74, 6) is -0.0551. The Balaban J connectivity index is 2.63. The van der Waals surface area contributed by atoms with Gasteiger partial charge < -0.3 is 10.4 Å². The van der Waals surface area contributed by atoms with Crippen LogP contribution >= 0.6 is 15.9 Å². The van der Waals surface area contributed by atoms with Crippen LogP contribution in [0.15, 0.2) is 22.7 Å². The number of benzene rings is 1. The summed E-state index contributed by atoms with van der Waals surface area (Å²) in [5.41, 5.74) is 1.65. The van der Waals surface area contributed by atoms with Gasteiger partial charge in [-0.05, 0) is 50.5 Å². The minimum Gasteiger partial charge on any atom is -0.396 e. The lowest BCUT2D eigenvalue weighted by molar-refractivity contribution is 0.0936. The normalized spacial score (nSPS) is 12.2. The SMILES string of the molecule is Cc1cc(Br)ccc1C(=O)NC(C)CCCO. The van der Waals surface area contributed by atoms with Crippen LogP contribution in [0.2, 0.25) is 0 Å². The first-order valence-corrected chi connectivity index (χ1v) is 6.51. The molecule has 4 heteroatoms. The van der Waals surface area contributed by atoms with Crippen LogP contribution in [0.3, 0.4) is 0 Å². The maximum Gasteiger partial charge on any atom is 0.251 e. The van der Waals surface area contributed by atoms with Crippen LogP contribution in [0.1, 0.15) is 35.7 Å². The summed E-state index contributed by atoms with van der Waals surface area (Å²) in [4.78, 5) is 12.0. The van der Waals surface area contributed by atoms with Crippen LogP contribution in [0.25, 0.3) is 0 Å². The smallest absolute Gasteiger partial charge is 0.251 e. The van der Waals surface area contributed by atoms with Crippen molar-refractivity contribution in [1.29, 1.82) is 0 Å². The number of nitrogens with one attached hydrogen (secondary N) is 1. The molecule has 3 nitrogen and oxygen atoms in total. The Labute approximate surface area is 110 Å². The summed E-state index contributed by atoms with van der Waals surface area (Å²) in [5, 5.41) is 11.6. The third kappa shape index (κ3) is 4.48. The first-order chi connectivity index (χ1) is 8.04. The number of amides is 1. The van der Waals surface area contributed by atoms with Gasteiger partial charge in [0.15, 0.2) is 0 Å². The van der Waals surface area contributed by atoms with E-state index < -0.39 is 0 Å². The molecule has 0 radical (unpaired) electrons. The van der Waals surface area contributed by atoms with E-state index in [0.717, 1.165) is 16.5 Å². The van der Waals surface area contributed by atoms with Crippen LogP contribution in [-0.2, 0) is 0 Å². The number of carbonyl (C=O) groups excluding carboxylic acids is 1.